The van der Waals surface area contributed by atoms with E-state index in [9.17, 15) is 13.2 Å². The van der Waals surface area contributed by atoms with E-state index < -0.39 is 16.0 Å². The molecule has 116 valence electrons. The third-order valence-electron chi connectivity index (χ3n) is 3.85. The fourth-order valence-electron chi connectivity index (χ4n) is 2.72. The maximum Gasteiger partial charge on any atom is 0.338 e. The molecule has 0 unspecified atom stereocenters. The Balaban J connectivity index is 2.31. The molecule has 0 heterocycles. The van der Waals surface area contributed by atoms with E-state index in [1.54, 1.807) is 26.8 Å². The molecule has 1 aromatic carbocycles. The Morgan fingerprint density at radius 1 is 1.29 bits per heavy atom. The Bertz CT molecular complexity index is 675. The number of hydrogen-bond donors (Lipinski definition) is 1. The van der Waals surface area contributed by atoms with Crippen molar-refractivity contribution in [3.63, 3.8) is 0 Å². The Kier molecular flexibility index (Phi) is 4.39. The molecule has 0 saturated heterocycles. The lowest BCUT2D eigenvalue weighted by Crippen LogP contribution is -2.19. The van der Waals surface area contributed by atoms with Crippen LogP contribution in [0.25, 0.3) is 0 Å². The van der Waals surface area contributed by atoms with Gasteiger partial charge in [-0.1, -0.05) is 18.9 Å². The molecule has 1 aromatic rings. The van der Waals surface area contributed by atoms with Gasteiger partial charge < -0.3 is 4.74 Å². The summed E-state index contributed by atoms with van der Waals surface area (Å²) in [4.78, 5) is 12.2. The summed E-state index contributed by atoms with van der Waals surface area (Å²) in [7, 11) is -3.87. The lowest BCUT2D eigenvalue weighted by Gasteiger charge is -2.15. The zero-order valence-corrected chi connectivity index (χ0v) is 13.4. The molecule has 1 aliphatic carbocycles. The molecule has 1 fully saturated rings. The number of carbonyl (C=O) groups is 1. The molecule has 1 saturated carbocycles. The van der Waals surface area contributed by atoms with E-state index in [2.05, 4.69) is 0 Å². The van der Waals surface area contributed by atoms with E-state index in [0.29, 0.717) is 34.8 Å². The second kappa shape index (κ2) is 5.77. The van der Waals surface area contributed by atoms with Crippen LogP contribution in [0.3, 0.4) is 0 Å². The molecular formula is C15H21NO4S. The van der Waals surface area contributed by atoms with Crippen LogP contribution in [0.2, 0.25) is 0 Å². The number of benzene rings is 1. The van der Waals surface area contributed by atoms with E-state index in [1.165, 1.54) is 12.8 Å². The number of sulfonamides is 1. The van der Waals surface area contributed by atoms with Crippen molar-refractivity contribution in [3.05, 3.63) is 28.3 Å². The van der Waals surface area contributed by atoms with Gasteiger partial charge in [-0.15, -0.1) is 0 Å². The summed E-state index contributed by atoms with van der Waals surface area (Å²) >= 11 is 0. The fraction of sp³-hybridized carbons (Fsp3) is 0.533. The van der Waals surface area contributed by atoms with Crippen LogP contribution in [0, 0.1) is 26.7 Å². The van der Waals surface area contributed by atoms with Crippen LogP contribution in [-0.2, 0) is 14.8 Å². The third-order valence-corrected chi connectivity index (χ3v) is 5.04. The SMILES string of the molecule is Cc1cc(C)c(S(N)(=O)=O)c(C)c1C(=O)OCCC1CC1. The first-order valence-corrected chi connectivity index (χ1v) is 8.57. The van der Waals surface area contributed by atoms with Crippen molar-refractivity contribution in [1.29, 1.82) is 0 Å². The Hall–Kier alpha value is -1.40. The predicted molar refractivity (Wildman–Crippen MR) is 79.6 cm³/mol. The molecule has 0 bridgehead atoms. The third kappa shape index (κ3) is 3.63. The summed E-state index contributed by atoms with van der Waals surface area (Å²) in [5.41, 5.74) is 1.92. The van der Waals surface area contributed by atoms with Gasteiger partial charge in [-0.25, -0.2) is 18.4 Å². The molecule has 0 aromatic heterocycles. The summed E-state index contributed by atoms with van der Waals surface area (Å²) in [6.45, 7) is 5.41. The van der Waals surface area contributed by atoms with Crippen LogP contribution < -0.4 is 5.14 Å². The van der Waals surface area contributed by atoms with Crippen LogP contribution in [0.4, 0.5) is 0 Å². The summed E-state index contributed by atoms with van der Waals surface area (Å²) < 4.78 is 28.7. The van der Waals surface area contributed by atoms with Crippen molar-refractivity contribution in [2.24, 2.45) is 11.1 Å². The van der Waals surface area contributed by atoms with Crippen LogP contribution in [0.1, 0.15) is 46.3 Å². The van der Waals surface area contributed by atoms with Gasteiger partial charge in [0, 0.05) is 0 Å². The van der Waals surface area contributed by atoms with E-state index in [4.69, 9.17) is 9.88 Å². The largest absolute Gasteiger partial charge is 0.462 e. The molecule has 0 amide bonds. The topological polar surface area (TPSA) is 86.5 Å². The highest BCUT2D eigenvalue weighted by Crippen LogP contribution is 2.32. The first-order chi connectivity index (χ1) is 9.71. The average Bonchev–Trinajstić information content (AvgIpc) is 3.09. The molecule has 0 aliphatic heterocycles. The number of esters is 1. The maximum absolute atomic E-state index is 12.2. The van der Waals surface area contributed by atoms with Crippen LogP contribution in [-0.4, -0.2) is 21.0 Å². The number of primary sulfonamides is 1. The lowest BCUT2D eigenvalue weighted by molar-refractivity contribution is 0.0493. The van der Waals surface area contributed by atoms with Gasteiger partial charge in [-0.3, -0.25) is 0 Å². The number of ether oxygens (including phenoxy) is 1. The van der Waals surface area contributed by atoms with E-state index >= 15 is 0 Å². The van der Waals surface area contributed by atoms with Gasteiger partial charge in [0.25, 0.3) is 0 Å². The minimum atomic E-state index is -3.87. The van der Waals surface area contributed by atoms with Gasteiger partial charge in [-0.2, -0.15) is 0 Å². The lowest BCUT2D eigenvalue weighted by atomic mass is 10.00. The van der Waals surface area contributed by atoms with E-state index in [1.807, 2.05) is 0 Å². The van der Waals surface area contributed by atoms with Gasteiger partial charge in [0.2, 0.25) is 10.0 Å². The summed E-state index contributed by atoms with van der Waals surface area (Å²) in [5.74, 6) is 0.202. The standard InChI is InChI=1S/C15H21NO4S/c1-9-8-10(2)14(21(16,18)19)11(3)13(9)15(17)20-7-6-12-4-5-12/h8,12H,4-7H2,1-3H3,(H2,16,18,19). The van der Waals surface area contributed by atoms with Crippen molar-refractivity contribution in [2.45, 2.75) is 44.9 Å². The highest BCUT2D eigenvalue weighted by Gasteiger charge is 2.25. The minimum absolute atomic E-state index is 0.0160. The Morgan fingerprint density at radius 2 is 1.90 bits per heavy atom. The van der Waals surface area contributed by atoms with Crippen molar-refractivity contribution < 1.29 is 17.9 Å². The molecule has 0 spiro atoms. The number of carbonyl (C=O) groups excluding carboxylic acids is 1. The molecule has 2 rings (SSSR count). The van der Waals surface area contributed by atoms with Crippen LogP contribution in [0.5, 0.6) is 0 Å². The minimum Gasteiger partial charge on any atom is -0.462 e. The van der Waals surface area contributed by atoms with Crippen molar-refractivity contribution in [2.75, 3.05) is 6.61 Å². The Labute approximate surface area is 125 Å². The smallest absolute Gasteiger partial charge is 0.338 e. The molecule has 5 nitrogen and oxygen atoms in total. The summed E-state index contributed by atoms with van der Waals surface area (Å²) in [6.07, 6.45) is 3.28. The molecule has 1 aliphatic rings. The van der Waals surface area contributed by atoms with Gasteiger partial charge in [-0.05, 0) is 49.8 Å². The number of nitrogens with two attached hydrogens (primary N) is 1. The summed E-state index contributed by atoms with van der Waals surface area (Å²) in [6, 6.07) is 1.66. The van der Waals surface area contributed by atoms with Gasteiger partial charge >= 0.3 is 5.97 Å². The second-order valence-electron chi connectivity index (χ2n) is 5.75. The van der Waals surface area contributed by atoms with Crippen LogP contribution in [0.15, 0.2) is 11.0 Å². The molecule has 2 N–H and O–H groups in total. The monoisotopic (exact) mass is 311 g/mol. The molecule has 0 radical (unpaired) electrons. The number of rotatable bonds is 5. The normalized spacial score (nSPS) is 15.0. The van der Waals surface area contributed by atoms with Gasteiger partial charge in [0.15, 0.2) is 0 Å². The first-order valence-electron chi connectivity index (χ1n) is 7.02. The second-order valence-corrected chi connectivity index (χ2v) is 7.25. The highest BCUT2D eigenvalue weighted by atomic mass is 32.2. The van der Waals surface area contributed by atoms with E-state index in [-0.39, 0.29) is 4.90 Å². The number of hydrogen-bond acceptors (Lipinski definition) is 4. The van der Waals surface area contributed by atoms with Gasteiger partial charge in [0.05, 0.1) is 17.1 Å². The van der Waals surface area contributed by atoms with Crippen LogP contribution >= 0.6 is 0 Å². The van der Waals surface area contributed by atoms with Crippen molar-refractivity contribution in [3.8, 4) is 0 Å². The molecule has 0 atom stereocenters. The maximum atomic E-state index is 12.2. The number of aryl methyl sites for hydroxylation is 2. The van der Waals surface area contributed by atoms with Crippen molar-refractivity contribution in [1.82, 2.24) is 0 Å². The first kappa shape index (κ1) is 16.0. The average molecular weight is 311 g/mol. The Morgan fingerprint density at radius 3 is 2.43 bits per heavy atom. The van der Waals surface area contributed by atoms with Crippen molar-refractivity contribution >= 4 is 16.0 Å². The van der Waals surface area contributed by atoms with Gasteiger partial charge in [0.1, 0.15) is 0 Å². The van der Waals surface area contributed by atoms with E-state index in [0.717, 1.165) is 6.42 Å². The highest BCUT2D eigenvalue weighted by molar-refractivity contribution is 7.89. The fourth-order valence-corrected chi connectivity index (χ4v) is 3.75. The zero-order chi connectivity index (χ0) is 15.8. The zero-order valence-electron chi connectivity index (χ0n) is 12.6. The molecular weight excluding hydrogens is 290 g/mol. The predicted octanol–water partition coefficient (Wildman–Crippen LogP) is 2.22. The quantitative estimate of drug-likeness (QED) is 0.845. The summed E-state index contributed by atoms with van der Waals surface area (Å²) in [5, 5.41) is 5.25. The molecule has 6 heteroatoms. The molecule has 21 heavy (non-hydrogen) atoms.